The first-order chi connectivity index (χ1) is 13.4. The summed E-state index contributed by atoms with van der Waals surface area (Å²) >= 11 is 0. The van der Waals surface area contributed by atoms with E-state index in [-0.39, 0.29) is 19.1 Å². The Morgan fingerprint density at radius 2 is 1.86 bits per heavy atom. The summed E-state index contributed by atoms with van der Waals surface area (Å²) in [5, 5.41) is 8.04. The van der Waals surface area contributed by atoms with Crippen LogP contribution in [0.25, 0.3) is 0 Å². The lowest BCUT2D eigenvalue weighted by Crippen LogP contribution is -2.34. The van der Waals surface area contributed by atoms with Crippen LogP contribution >= 0.6 is 0 Å². The minimum Gasteiger partial charge on any atom is -0.465 e. The zero-order valence-corrected chi connectivity index (χ0v) is 16.8. The molecule has 28 heavy (non-hydrogen) atoms. The monoisotopic (exact) mass is 390 g/mol. The molecule has 1 aromatic carbocycles. The molecule has 1 heterocycles. The Labute approximate surface area is 166 Å². The topological polar surface area (TPSA) is 99.8 Å². The third kappa shape index (κ3) is 6.44. The number of carbonyl (C=O) groups is 3. The smallest absolute Gasteiger partial charge is 0.325 e. The predicted molar refractivity (Wildman–Crippen MR) is 109 cm³/mol. The van der Waals surface area contributed by atoms with E-state index in [0.717, 1.165) is 31.6 Å². The number of ether oxygens (including phenoxy) is 1. The average molecular weight is 390 g/mol. The first kappa shape index (κ1) is 21.5. The van der Waals surface area contributed by atoms with E-state index >= 15 is 0 Å². The average Bonchev–Trinajstić information content (AvgIpc) is 3.19. The summed E-state index contributed by atoms with van der Waals surface area (Å²) in [5.41, 5.74) is 1.89. The Balaban J connectivity index is 2.10. The molecule has 8 heteroatoms. The second kappa shape index (κ2) is 10.5. The molecule has 1 saturated heterocycles. The van der Waals surface area contributed by atoms with Crippen LogP contribution in [0.5, 0.6) is 0 Å². The number of hydrogen-bond donors (Lipinski definition) is 3. The van der Waals surface area contributed by atoms with Crippen molar-refractivity contribution in [2.75, 3.05) is 43.0 Å². The summed E-state index contributed by atoms with van der Waals surface area (Å²) in [4.78, 5) is 38.3. The van der Waals surface area contributed by atoms with Gasteiger partial charge in [-0.05, 0) is 43.9 Å². The van der Waals surface area contributed by atoms with E-state index in [1.165, 1.54) is 0 Å². The Morgan fingerprint density at radius 1 is 1.14 bits per heavy atom. The number of amides is 3. The maximum atomic E-state index is 12.7. The van der Waals surface area contributed by atoms with E-state index in [9.17, 15) is 14.4 Å². The van der Waals surface area contributed by atoms with Crippen LogP contribution in [0, 0.1) is 5.92 Å². The van der Waals surface area contributed by atoms with Crippen LogP contribution in [-0.4, -0.2) is 50.7 Å². The summed E-state index contributed by atoms with van der Waals surface area (Å²) in [6.07, 6.45) is 2.20. The number of rotatable bonds is 8. The third-order valence-electron chi connectivity index (χ3n) is 4.32. The summed E-state index contributed by atoms with van der Waals surface area (Å²) in [5.74, 6) is -0.323. The summed E-state index contributed by atoms with van der Waals surface area (Å²) in [6.45, 7) is 8.22. The molecule has 1 fully saturated rings. The van der Waals surface area contributed by atoms with Gasteiger partial charge in [0.1, 0.15) is 6.54 Å². The normalized spacial score (nSPS) is 13.4. The number of esters is 1. The van der Waals surface area contributed by atoms with Gasteiger partial charge in [0.15, 0.2) is 0 Å². The van der Waals surface area contributed by atoms with Gasteiger partial charge in [0, 0.05) is 31.0 Å². The fourth-order valence-corrected chi connectivity index (χ4v) is 2.96. The molecule has 8 nitrogen and oxygen atoms in total. The molecule has 2 rings (SSSR count). The van der Waals surface area contributed by atoms with Crippen LogP contribution in [0.4, 0.5) is 16.2 Å². The molecule has 0 bridgehead atoms. The quantitative estimate of drug-likeness (QED) is 0.592. The second-order valence-corrected chi connectivity index (χ2v) is 7.14. The van der Waals surface area contributed by atoms with Crippen molar-refractivity contribution in [3.05, 3.63) is 23.8 Å². The maximum absolute atomic E-state index is 12.7. The zero-order valence-electron chi connectivity index (χ0n) is 16.8. The molecular weight excluding hydrogens is 360 g/mol. The summed E-state index contributed by atoms with van der Waals surface area (Å²) in [6, 6.07) is 4.76. The van der Waals surface area contributed by atoms with E-state index in [2.05, 4.69) is 20.9 Å². The molecule has 1 aliphatic rings. The molecule has 0 radical (unpaired) electrons. The third-order valence-corrected chi connectivity index (χ3v) is 4.32. The van der Waals surface area contributed by atoms with E-state index < -0.39 is 12.0 Å². The van der Waals surface area contributed by atoms with Crippen LogP contribution in [0.2, 0.25) is 0 Å². The highest BCUT2D eigenvalue weighted by Crippen LogP contribution is 2.27. The molecule has 0 unspecified atom stereocenters. The standard InChI is InChI=1S/C20H30N4O4/c1-4-28-18(25)13-22-20(27)23-15-7-8-17(24-9-5-6-10-24)16(11-15)19(26)21-12-14(2)3/h7-8,11,14H,4-6,9-10,12-13H2,1-3H3,(H,21,26)(H2,22,23,27). The van der Waals surface area contributed by atoms with Gasteiger partial charge in [-0.2, -0.15) is 0 Å². The van der Waals surface area contributed by atoms with Gasteiger partial charge in [-0.15, -0.1) is 0 Å². The van der Waals surface area contributed by atoms with Gasteiger partial charge in [0.2, 0.25) is 0 Å². The van der Waals surface area contributed by atoms with E-state index in [1.54, 1.807) is 19.1 Å². The Hall–Kier alpha value is -2.77. The Bertz CT molecular complexity index is 699. The maximum Gasteiger partial charge on any atom is 0.325 e. The van der Waals surface area contributed by atoms with Crippen molar-refractivity contribution in [1.82, 2.24) is 10.6 Å². The van der Waals surface area contributed by atoms with Crippen LogP contribution in [-0.2, 0) is 9.53 Å². The first-order valence-corrected chi connectivity index (χ1v) is 9.78. The van der Waals surface area contributed by atoms with Crippen LogP contribution in [0.15, 0.2) is 18.2 Å². The van der Waals surface area contributed by atoms with E-state index in [4.69, 9.17) is 4.74 Å². The van der Waals surface area contributed by atoms with Crippen molar-refractivity contribution in [3.63, 3.8) is 0 Å². The van der Waals surface area contributed by atoms with Gasteiger partial charge >= 0.3 is 12.0 Å². The van der Waals surface area contributed by atoms with Crippen LogP contribution < -0.4 is 20.9 Å². The van der Waals surface area contributed by atoms with Gasteiger partial charge in [-0.25, -0.2) is 4.79 Å². The minimum absolute atomic E-state index is 0.161. The number of hydrogen-bond acceptors (Lipinski definition) is 5. The highest BCUT2D eigenvalue weighted by molar-refractivity contribution is 6.02. The lowest BCUT2D eigenvalue weighted by atomic mass is 10.1. The van der Waals surface area contributed by atoms with Crippen molar-refractivity contribution in [2.45, 2.75) is 33.6 Å². The van der Waals surface area contributed by atoms with Gasteiger partial charge in [0.05, 0.1) is 12.2 Å². The summed E-state index contributed by atoms with van der Waals surface area (Å²) < 4.78 is 4.77. The van der Waals surface area contributed by atoms with Crippen molar-refractivity contribution in [2.24, 2.45) is 5.92 Å². The molecule has 1 aliphatic heterocycles. The predicted octanol–water partition coefficient (Wildman–Crippen LogP) is 2.36. The SMILES string of the molecule is CCOC(=O)CNC(=O)Nc1ccc(N2CCCC2)c(C(=O)NCC(C)C)c1. The molecule has 0 aliphatic carbocycles. The van der Waals surface area contributed by atoms with Crippen molar-refractivity contribution < 1.29 is 19.1 Å². The first-order valence-electron chi connectivity index (χ1n) is 9.78. The Morgan fingerprint density at radius 3 is 2.50 bits per heavy atom. The fourth-order valence-electron chi connectivity index (χ4n) is 2.96. The highest BCUT2D eigenvalue weighted by Gasteiger charge is 2.20. The lowest BCUT2D eigenvalue weighted by molar-refractivity contribution is -0.141. The van der Waals surface area contributed by atoms with Crippen molar-refractivity contribution in [1.29, 1.82) is 0 Å². The molecule has 3 amide bonds. The molecule has 1 aromatic rings. The number of nitrogens with one attached hydrogen (secondary N) is 3. The van der Waals surface area contributed by atoms with Gasteiger partial charge < -0.3 is 25.6 Å². The number of urea groups is 1. The largest absolute Gasteiger partial charge is 0.465 e. The van der Waals surface area contributed by atoms with Gasteiger partial charge in [-0.1, -0.05) is 13.8 Å². The molecular formula is C20H30N4O4. The van der Waals surface area contributed by atoms with E-state index in [0.29, 0.717) is 23.7 Å². The van der Waals surface area contributed by atoms with Gasteiger partial charge in [0.25, 0.3) is 5.91 Å². The zero-order chi connectivity index (χ0) is 20.5. The molecule has 0 aromatic heterocycles. The lowest BCUT2D eigenvalue weighted by Gasteiger charge is -2.22. The minimum atomic E-state index is -0.532. The van der Waals surface area contributed by atoms with Crippen LogP contribution in [0.3, 0.4) is 0 Å². The molecule has 0 spiro atoms. The summed E-state index contributed by atoms with van der Waals surface area (Å²) in [7, 11) is 0. The number of anilines is 2. The highest BCUT2D eigenvalue weighted by atomic mass is 16.5. The van der Waals surface area contributed by atoms with Gasteiger partial charge in [-0.3, -0.25) is 9.59 Å². The van der Waals surface area contributed by atoms with Crippen molar-refractivity contribution in [3.8, 4) is 0 Å². The number of benzene rings is 1. The van der Waals surface area contributed by atoms with Crippen molar-refractivity contribution >= 4 is 29.3 Å². The molecule has 154 valence electrons. The molecule has 0 saturated carbocycles. The fraction of sp³-hybridized carbons (Fsp3) is 0.550. The number of carbonyl (C=O) groups excluding carboxylic acids is 3. The number of nitrogens with zero attached hydrogens (tertiary/aromatic N) is 1. The molecule has 3 N–H and O–H groups in total. The molecule has 0 atom stereocenters. The Kier molecular flexibility index (Phi) is 8.10. The second-order valence-electron chi connectivity index (χ2n) is 7.14. The van der Waals surface area contributed by atoms with E-state index in [1.807, 2.05) is 19.9 Å². The van der Waals surface area contributed by atoms with Crippen LogP contribution in [0.1, 0.15) is 44.0 Å².